The van der Waals surface area contributed by atoms with Crippen molar-refractivity contribution in [2.45, 2.75) is 4.87 Å². The Morgan fingerprint density at radius 1 is 1.40 bits per heavy atom. The Morgan fingerprint density at radius 2 is 2.00 bits per heavy atom. The van der Waals surface area contributed by atoms with E-state index in [1.807, 2.05) is 6.07 Å². The molecule has 0 spiro atoms. The Morgan fingerprint density at radius 3 is 2.47 bits per heavy atom. The molecule has 1 N–H and O–H groups in total. The Labute approximate surface area is 97.6 Å². The molecule has 3 nitrogen and oxygen atoms in total. The molecular weight excluding hydrogens is 239 g/mol. The van der Waals surface area contributed by atoms with Crippen molar-refractivity contribution in [1.82, 2.24) is 0 Å². The molecule has 1 unspecified atom stereocenters. The SMILES string of the molecule is O=C(O)C(Cl)(CCl)COc1ccccc1. The van der Waals surface area contributed by atoms with Gasteiger partial charge in [-0.25, -0.2) is 0 Å². The van der Waals surface area contributed by atoms with E-state index in [0.29, 0.717) is 5.75 Å². The number of hydrogen-bond acceptors (Lipinski definition) is 2. The predicted octanol–water partition coefficient (Wildman–Crippen LogP) is 2.37. The number of carboxylic acids is 1. The van der Waals surface area contributed by atoms with E-state index in [4.69, 9.17) is 33.0 Å². The summed E-state index contributed by atoms with van der Waals surface area (Å²) in [6.07, 6.45) is 0. The molecular formula is C10H10Cl2O3. The molecule has 1 aromatic carbocycles. The van der Waals surface area contributed by atoms with Crippen LogP contribution in [0.1, 0.15) is 0 Å². The number of alkyl halides is 2. The molecule has 1 atom stereocenters. The summed E-state index contributed by atoms with van der Waals surface area (Å²) in [5.74, 6) is -0.833. The highest BCUT2D eigenvalue weighted by atomic mass is 35.5. The summed E-state index contributed by atoms with van der Waals surface area (Å²) in [5, 5.41) is 8.81. The summed E-state index contributed by atoms with van der Waals surface area (Å²) in [7, 11) is 0. The second-order valence-corrected chi connectivity index (χ2v) is 4.00. The molecule has 0 bridgehead atoms. The first-order valence-corrected chi connectivity index (χ1v) is 5.16. The summed E-state index contributed by atoms with van der Waals surface area (Å²) in [5.41, 5.74) is 0. The van der Waals surface area contributed by atoms with Crippen molar-refractivity contribution < 1.29 is 14.6 Å². The van der Waals surface area contributed by atoms with Gasteiger partial charge in [0.1, 0.15) is 12.4 Å². The number of rotatable bonds is 5. The number of aliphatic carboxylic acids is 1. The fourth-order valence-electron chi connectivity index (χ4n) is 0.872. The molecule has 15 heavy (non-hydrogen) atoms. The van der Waals surface area contributed by atoms with E-state index in [-0.39, 0.29) is 12.5 Å². The van der Waals surface area contributed by atoms with E-state index in [2.05, 4.69) is 0 Å². The van der Waals surface area contributed by atoms with E-state index in [9.17, 15) is 4.79 Å². The highest BCUT2D eigenvalue weighted by molar-refractivity contribution is 6.39. The molecule has 0 aliphatic carbocycles. The van der Waals surface area contributed by atoms with Crippen LogP contribution in [0.15, 0.2) is 30.3 Å². The minimum atomic E-state index is -1.57. The number of halogens is 2. The lowest BCUT2D eigenvalue weighted by molar-refractivity contribution is -0.140. The number of para-hydroxylation sites is 1. The molecule has 82 valence electrons. The third-order valence-corrected chi connectivity index (χ3v) is 2.80. The summed E-state index contributed by atoms with van der Waals surface area (Å²) in [6, 6.07) is 8.83. The van der Waals surface area contributed by atoms with Crippen LogP contribution in [0.2, 0.25) is 0 Å². The Kier molecular flexibility index (Phi) is 4.24. The maximum atomic E-state index is 10.8. The molecule has 0 aliphatic heterocycles. The summed E-state index contributed by atoms with van der Waals surface area (Å²) in [6.45, 7) is -0.169. The lowest BCUT2D eigenvalue weighted by Crippen LogP contribution is -2.40. The summed E-state index contributed by atoms with van der Waals surface area (Å²) < 4.78 is 5.23. The van der Waals surface area contributed by atoms with Gasteiger partial charge in [0.2, 0.25) is 0 Å². The highest BCUT2D eigenvalue weighted by Crippen LogP contribution is 2.20. The standard InChI is InChI=1S/C10H10Cl2O3/c11-6-10(12,9(13)14)7-15-8-4-2-1-3-5-8/h1-5H,6-7H2,(H,13,14). The molecule has 0 saturated carbocycles. The van der Waals surface area contributed by atoms with Gasteiger partial charge in [-0.1, -0.05) is 18.2 Å². The summed E-state index contributed by atoms with van der Waals surface area (Å²) in [4.78, 5) is 9.21. The molecule has 1 aromatic rings. The minimum absolute atomic E-state index is 0.169. The zero-order valence-electron chi connectivity index (χ0n) is 7.82. The van der Waals surface area contributed by atoms with Gasteiger partial charge in [0.15, 0.2) is 4.87 Å². The molecule has 0 aliphatic rings. The van der Waals surface area contributed by atoms with Crippen LogP contribution in [0.4, 0.5) is 0 Å². The minimum Gasteiger partial charge on any atom is -0.491 e. The monoisotopic (exact) mass is 248 g/mol. The van der Waals surface area contributed by atoms with Crippen molar-refractivity contribution in [3.8, 4) is 5.75 Å². The van der Waals surface area contributed by atoms with Gasteiger partial charge < -0.3 is 9.84 Å². The van der Waals surface area contributed by atoms with Crippen LogP contribution in [-0.4, -0.2) is 28.4 Å². The number of ether oxygens (including phenoxy) is 1. The number of carbonyl (C=O) groups is 1. The third-order valence-electron chi connectivity index (χ3n) is 1.81. The average Bonchev–Trinajstić information content (AvgIpc) is 2.27. The van der Waals surface area contributed by atoms with E-state index in [1.165, 1.54) is 0 Å². The van der Waals surface area contributed by atoms with Crippen LogP contribution in [0.25, 0.3) is 0 Å². The van der Waals surface area contributed by atoms with Gasteiger partial charge in [-0.2, -0.15) is 0 Å². The zero-order chi connectivity index (χ0) is 11.3. The molecule has 0 aromatic heterocycles. The van der Waals surface area contributed by atoms with Crippen LogP contribution >= 0.6 is 23.2 Å². The molecule has 1 rings (SSSR count). The van der Waals surface area contributed by atoms with Gasteiger partial charge >= 0.3 is 5.97 Å². The number of benzene rings is 1. The normalized spacial score (nSPS) is 14.3. The van der Waals surface area contributed by atoms with Gasteiger partial charge in [-0.05, 0) is 12.1 Å². The molecule has 0 fully saturated rings. The lowest BCUT2D eigenvalue weighted by atomic mass is 10.2. The van der Waals surface area contributed by atoms with Crippen molar-refractivity contribution in [3.05, 3.63) is 30.3 Å². The van der Waals surface area contributed by atoms with Crippen LogP contribution in [0, 0.1) is 0 Å². The quantitative estimate of drug-likeness (QED) is 0.815. The van der Waals surface area contributed by atoms with Crippen LogP contribution in [0.3, 0.4) is 0 Å². The second kappa shape index (κ2) is 5.24. The predicted molar refractivity (Wildman–Crippen MR) is 58.9 cm³/mol. The van der Waals surface area contributed by atoms with E-state index >= 15 is 0 Å². The van der Waals surface area contributed by atoms with Gasteiger partial charge in [0, 0.05) is 0 Å². The smallest absolute Gasteiger partial charge is 0.329 e. The zero-order valence-corrected chi connectivity index (χ0v) is 9.33. The van der Waals surface area contributed by atoms with Crippen molar-refractivity contribution in [3.63, 3.8) is 0 Å². The molecule has 0 amide bonds. The van der Waals surface area contributed by atoms with Gasteiger partial charge in [0.25, 0.3) is 0 Å². The first kappa shape index (κ1) is 12.1. The van der Waals surface area contributed by atoms with Gasteiger partial charge in [0.05, 0.1) is 5.88 Å². The number of hydrogen-bond donors (Lipinski definition) is 1. The van der Waals surface area contributed by atoms with Crippen molar-refractivity contribution in [2.24, 2.45) is 0 Å². The number of carboxylic acid groups (broad SMARTS) is 1. The van der Waals surface area contributed by atoms with Crippen LogP contribution in [-0.2, 0) is 4.79 Å². The fourth-order valence-corrected chi connectivity index (χ4v) is 1.12. The highest BCUT2D eigenvalue weighted by Gasteiger charge is 2.36. The topological polar surface area (TPSA) is 46.5 Å². The van der Waals surface area contributed by atoms with Crippen LogP contribution < -0.4 is 4.74 Å². The van der Waals surface area contributed by atoms with Crippen molar-refractivity contribution in [1.29, 1.82) is 0 Å². The Bertz CT molecular complexity index is 329. The van der Waals surface area contributed by atoms with Gasteiger partial charge in [-0.3, -0.25) is 4.79 Å². The third kappa shape index (κ3) is 3.29. The van der Waals surface area contributed by atoms with E-state index < -0.39 is 10.8 Å². The average molecular weight is 249 g/mol. The van der Waals surface area contributed by atoms with Crippen molar-refractivity contribution in [2.75, 3.05) is 12.5 Å². The van der Waals surface area contributed by atoms with E-state index in [0.717, 1.165) is 0 Å². The molecule has 0 heterocycles. The Hall–Kier alpha value is -0.930. The Balaban J connectivity index is 2.59. The first-order chi connectivity index (χ1) is 7.08. The fraction of sp³-hybridized carbons (Fsp3) is 0.300. The van der Waals surface area contributed by atoms with E-state index in [1.54, 1.807) is 24.3 Å². The first-order valence-electron chi connectivity index (χ1n) is 4.24. The molecule has 0 saturated heterocycles. The maximum Gasteiger partial charge on any atom is 0.329 e. The molecule has 5 heteroatoms. The maximum absolute atomic E-state index is 10.8. The molecule has 0 radical (unpaired) electrons. The van der Waals surface area contributed by atoms with Crippen molar-refractivity contribution >= 4 is 29.2 Å². The summed E-state index contributed by atoms with van der Waals surface area (Å²) >= 11 is 11.2. The van der Waals surface area contributed by atoms with Gasteiger partial charge in [-0.15, -0.1) is 23.2 Å². The largest absolute Gasteiger partial charge is 0.491 e. The lowest BCUT2D eigenvalue weighted by Gasteiger charge is -2.19. The van der Waals surface area contributed by atoms with Crippen LogP contribution in [0.5, 0.6) is 5.75 Å². The second-order valence-electron chi connectivity index (χ2n) is 3.01.